The molecule has 0 bridgehead atoms. The van der Waals surface area contributed by atoms with Gasteiger partial charge >= 0.3 is 11.9 Å². The molecule has 0 aliphatic carbocycles. The van der Waals surface area contributed by atoms with Gasteiger partial charge in [-0.05, 0) is 72.9 Å². The normalized spacial score (nSPS) is 11.6. The molecule has 0 aromatic heterocycles. The molecule has 5 heteroatoms. The predicted octanol–water partition coefficient (Wildman–Crippen LogP) is 9.50. The van der Waals surface area contributed by atoms with Crippen molar-refractivity contribution in [2.75, 3.05) is 6.61 Å². The molecule has 5 nitrogen and oxygen atoms in total. The Morgan fingerprint density at radius 1 is 0.650 bits per heavy atom. The van der Waals surface area contributed by atoms with Gasteiger partial charge in [0.1, 0.15) is 17.6 Å². The van der Waals surface area contributed by atoms with Gasteiger partial charge in [-0.15, -0.1) is 0 Å². The Kier molecular flexibility index (Phi) is 13.3. The molecule has 0 saturated heterocycles. The lowest BCUT2D eigenvalue weighted by atomic mass is 10.0. The van der Waals surface area contributed by atoms with Crippen molar-refractivity contribution in [3.63, 3.8) is 0 Å². The second kappa shape index (κ2) is 17.2. The van der Waals surface area contributed by atoms with E-state index in [2.05, 4.69) is 13.8 Å². The number of hydrogen-bond donors (Lipinski definition) is 0. The Morgan fingerprint density at radius 3 is 1.85 bits per heavy atom. The Labute approximate surface area is 239 Å². The number of ether oxygens (including phenoxy) is 3. The first-order valence-electron chi connectivity index (χ1n) is 14.8. The highest BCUT2D eigenvalue weighted by molar-refractivity contribution is 5.91. The molecule has 0 amide bonds. The zero-order valence-corrected chi connectivity index (χ0v) is 24.3. The molecular formula is C35H44O5. The van der Waals surface area contributed by atoms with E-state index in [9.17, 15) is 9.59 Å². The van der Waals surface area contributed by atoms with Gasteiger partial charge in [0, 0.05) is 6.42 Å². The van der Waals surface area contributed by atoms with Crippen LogP contribution in [0.2, 0.25) is 0 Å². The maximum atomic E-state index is 12.6. The lowest BCUT2D eigenvalue weighted by Gasteiger charge is -2.14. The Morgan fingerprint density at radius 2 is 1.20 bits per heavy atom. The van der Waals surface area contributed by atoms with Crippen LogP contribution in [0.3, 0.4) is 0 Å². The molecule has 40 heavy (non-hydrogen) atoms. The van der Waals surface area contributed by atoms with Crippen LogP contribution in [0.4, 0.5) is 0 Å². The maximum absolute atomic E-state index is 12.6. The fourth-order valence-electron chi connectivity index (χ4n) is 4.43. The van der Waals surface area contributed by atoms with Crippen molar-refractivity contribution in [2.45, 2.75) is 91.1 Å². The van der Waals surface area contributed by atoms with Crippen molar-refractivity contribution in [1.82, 2.24) is 0 Å². The molecule has 3 rings (SSSR count). The summed E-state index contributed by atoms with van der Waals surface area (Å²) in [5.41, 5.74) is 3.46. The summed E-state index contributed by atoms with van der Waals surface area (Å²) in [5, 5.41) is 0. The third kappa shape index (κ3) is 10.5. The van der Waals surface area contributed by atoms with Crippen LogP contribution in [-0.4, -0.2) is 18.5 Å². The summed E-state index contributed by atoms with van der Waals surface area (Å²) in [5.74, 6) is 0.693. The number of benzene rings is 3. The van der Waals surface area contributed by atoms with Gasteiger partial charge < -0.3 is 14.2 Å². The van der Waals surface area contributed by atoms with E-state index in [4.69, 9.17) is 14.2 Å². The highest BCUT2D eigenvalue weighted by atomic mass is 16.5. The molecule has 0 fully saturated rings. The molecule has 1 unspecified atom stereocenters. The number of carbonyl (C=O) groups is 2. The fourth-order valence-corrected chi connectivity index (χ4v) is 4.43. The molecule has 1 atom stereocenters. The van der Waals surface area contributed by atoms with E-state index in [1.807, 2.05) is 55.5 Å². The van der Waals surface area contributed by atoms with Gasteiger partial charge in [-0.3, -0.25) is 4.79 Å². The molecule has 0 heterocycles. The third-order valence-electron chi connectivity index (χ3n) is 6.93. The monoisotopic (exact) mass is 544 g/mol. The van der Waals surface area contributed by atoms with Crippen LogP contribution in [-0.2, 0) is 9.53 Å². The van der Waals surface area contributed by atoms with E-state index < -0.39 is 5.97 Å². The highest BCUT2D eigenvalue weighted by Gasteiger charge is 2.12. The van der Waals surface area contributed by atoms with E-state index in [0.29, 0.717) is 24.3 Å². The smallest absolute Gasteiger partial charge is 0.343 e. The summed E-state index contributed by atoms with van der Waals surface area (Å²) in [4.78, 5) is 24.6. The largest absolute Gasteiger partial charge is 0.494 e. The van der Waals surface area contributed by atoms with Crippen LogP contribution in [0.25, 0.3) is 11.1 Å². The van der Waals surface area contributed by atoms with Crippen LogP contribution in [0.1, 0.15) is 107 Å². The second-order valence-electron chi connectivity index (χ2n) is 10.3. The van der Waals surface area contributed by atoms with Crippen molar-refractivity contribution >= 4 is 11.9 Å². The molecule has 214 valence electrons. The summed E-state index contributed by atoms with van der Waals surface area (Å²) < 4.78 is 16.9. The van der Waals surface area contributed by atoms with Crippen LogP contribution in [0, 0.1) is 0 Å². The zero-order chi connectivity index (χ0) is 28.6. The van der Waals surface area contributed by atoms with Crippen LogP contribution >= 0.6 is 0 Å². The summed E-state index contributed by atoms with van der Waals surface area (Å²) in [6, 6.07) is 22.5. The summed E-state index contributed by atoms with van der Waals surface area (Å²) >= 11 is 0. The quantitative estimate of drug-likeness (QED) is 0.0962. The molecule has 0 aliphatic rings. The zero-order valence-electron chi connectivity index (χ0n) is 24.3. The van der Waals surface area contributed by atoms with Gasteiger partial charge in [-0.2, -0.15) is 0 Å². The molecule has 3 aromatic carbocycles. The average Bonchev–Trinajstić information content (AvgIpc) is 2.97. The van der Waals surface area contributed by atoms with Crippen molar-refractivity contribution in [3.05, 3.63) is 83.9 Å². The second-order valence-corrected chi connectivity index (χ2v) is 10.3. The van der Waals surface area contributed by atoms with Crippen LogP contribution < -0.4 is 9.47 Å². The molecule has 0 radical (unpaired) electrons. The van der Waals surface area contributed by atoms with Gasteiger partial charge in [0.15, 0.2) is 0 Å². The first kappa shape index (κ1) is 30.9. The van der Waals surface area contributed by atoms with Crippen molar-refractivity contribution < 1.29 is 23.8 Å². The van der Waals surface area contributed by atoms with E-state index in [1.54, 1.807) is 24.3 Å². The Hall–Kier alpha value is -3.60. The first-order chi connectivity index (χ1) is 19.5. The number of esters is 2. The standard InChI is InChI=1S/C35H44O5/c1-4-6-8-9-10-12-26-38-32-22-20-31(21-23-32)35(37)40-33-24-18-30(19-25-33)29-16-14-28(15-17-29)27(3)39-34(36)13-11-7-5-2/h14-25,27H,4-13,26H2,1-3H3. The third-order valence-corrected chi connectivity index (χ3v) is 6.93. The lowest BCUT2D eigenvalue weighted by Crippen LogP contribution is -2.08. The molecule has 0 saturated carbocycles. The van der Waals surface area contributed by atoms with E-state index in [1.165, 1.54) is 32.1 Å². The number of carbonyl (C=O) groups excluding carboxylic acids is 2. The minimum absolute atomic E-state index is 0.150. The summed E-state index contributed by atoms with van der Waals surface area (Å²) in [7, 11) is 0. The van der Waals surface area contributed by atoms with Gasteiger partial charge in [0.05, 0.1) is 12.2 Å². The maximum Gasteiger partial charge on any atom is 0.343 e. The molecule has 0 aliphatic heterocycles. The van der Waals surface area contributed by atoms with Gasteiger partial charge in [-0.25, -0.2) is 4.79 Å². The minimum Gasteiger partial charge on any atom is -0.494 e. The Bertz CT molecular complexity index is 1150. The number of hydrogen-bond acceptors (Lipinski definition) is 5. The predicted molar refractivity (Wildman–Crippen MR) is 161 cm³/mol. The van der Waals surface area contributed by atoms with E-state index >= 15 is 0 Å². The fraction of sp³-hybridized carbons (Fsp3) is 0.429. The topological polar surface area (TPSA) is 61.8 Å². The van der Waals surface area contributed by atoms with Gasteiger partial charge in [0.25, 0.3) is 0 Å². The summed E-state index contributed by atoms with van der Waals surface area (Å²) in [6.07, 6.45) is 10.5. The highest BCUT2D eigenvalue weighted by Crippen LogP contribution is 2.26. The molecular weight excluding hydrogens is 500 g/mol. The van der Waals surface area contributed by atoms with Crippen LogP contribution in [0.5, 0.6) is 11.5 Å². The minimum atomic E-state index is -0.405. The molecule has 0 N–H and O–H groups in total. The first-order valence-corrected chi connectivity index (χ1v) is 14.8. The molecule has 0 spiro atoms. The number of rotatable bonds is 17. The summed E-state index contributed by atoms with van der Waals surface area (Å²) in [6.45, 7) is 6.92. The Balaban J connectivity index is 1.45. The molecule has 3 aromatic rings. The lowest BCUT2D eigenvalue weighted by molar-refractivity contribution is -0.148. The van der Waals surface area contributed by atoms with Crippen molar-refractivity contribution in [3.8, 4) is 22.6 Å². The van der Waals surface area contributed by atoms with E-state index in [-0.39, 0.29) is 12.1 Å². The van der Waals surface area contributed by atoms with E-state index in [0.717, 1.165) is 48.1 Å². The van der Waals surface area contributed by atoms with Gasteiger partial charge in [-0.1, -0.05) is 95.2 Å². The van der Waals surface area contributed by atoms with Gasteiger partial charge in [0.2, 0.25) is 0 Å². The van der Waals surface area contributed by atoms with Crippen molar-refractivity contribution in [2.24, 2.45) is 0 Å². The van der Waals surface area contributed by atoms with Crippen LogP contribution in [0.15, 0.2) is 72.8 Å². The number of unbranched alkanes of at least 4 members (excludes halogenated alkanes) is 7. The average molecular weight is 545 g/mol. The SMILES string of the molecule is CCCCCCCCOc1ccc(C(=O)Oc2ccc(-c3ccc(C(C)OC(=O)CCCCC)cc3)cc2)cc1. The van der Waals surface area contributed by atoms with Crippen molar-refractivity contribution in [1.29, 1.82) is 0 Å².